The zero-order valence-electron chi connectivity index (χ0n) is 18.5. The molecule has 0 amide bonds. The normalized spacial score (nSPS) is 18.7. The first-order valence-electron chi connectivity index (χ1n) is 11.2. The number of aryl methyl sites for hydroxylation is 2. The van der Waals surface area contributed by atoms with Crippen LogP contribution in [0.2, 0.25) is 0 Å². The molecule has 32 heavy (non-hydrogen) atoms. The van der Waals surface area contributed by atoms with Crippen LogP contribution in [0.5, 0.6) is 0 Å². The maximum absolute atomic E-state index is 13.9. The van der Waals surface area contributed by atoms with Crippen LogP contribution in [0.3, 0.4) is 0 Å². The van der Waals surface area contributed by atoms with Crippen molar-refractivity contribution in [2.24, 2.45) is 0 Å². The van der Waals surface area contributed by atoms with E-state index in [2.05, 4.69) is 46.0 Å². The van der Waals surface area contributed by atoms with Crippen LogP contribution in [0.4, 0.5) is 0 Å². The Hall–Kier alpha value is -3.15. The highest BCUT2D eigenvalue weighted by atomic mass is 16.2. The molecule has 1 saturated heterocycles. The molecule has 1 aliphatic carbocycles. The van der Waals surface area contributed by atoms with Crippen molar-refractivity contribution in [2.75, 3.05) is 26.2 Å². The van der Waals surface area contributed by atoms with Gasteiger partial charge in [-0.3, -0.25) is 24.4 Å². The molecule has 0 atom stereocenters. The third kappa shape index (κ3) is 3.20. The van der Waals surface area contributed by atoms with Gasteiger partial charge >= 0.3 is 0 Å². The summed E-state index contributed by atoms with van der Waals surface area (Å²) in [5.74, 6) is -0.230. The van der Waals surface area contributed by atoms with Gasteiger partial charge < -0.3 is 0 Å². The molecule has 0 spiro atoms. The second-order valence-electron chi connectivity index (χ2n) is 8.79. The molecule has 2 heterocycles. The Morgan fingerprint density at radius 1 is 0.844 bits per heavy atom. The minimum absolute atomic E-state index is 0.115. The fraction of sp³-hybridized carbons (Fsp3) is 0.296. The van der Waals surface area contributed by atoms with Gasteiger partial charge in [0.25, 0.3) is 0 Å². The van der Waals surface area contributed by atoms with Gasteiger partial charge in [0.1, 0.15) is 0 Å². The quantitative estimate of drug-likeness (QED) is 0.596. The topological polar surface area (TPSA) is 53.5 Å². The van der Waals surface area contributed by atoms with Gasteiger partial charge in [-0.2, -0.15) is 0 Å². The molecule has 0 saturated carbocycles. The number of carbonyl (C=O) groups excluding carboxylic acids is 2. The molecule has 0 bridgehead atoms. The third-order valence-corrected chi connectivity index (χ3v) is 6.89. The van der Waals surface area contributed by atoms with Crippen molar-refractivity contribution in [3.8, 4) is 0 Å². The molecule has 2 aliphatic rings. The smallest absolute Gasteiger partial charge is 0.196 e. The summed E-state index contributed by atoms with van der Waals surface area (Å²) >= 11 is 0. The second-order valence-corrected chi connectivity index (χ2v) is 8.79. The fourth-order valence-corrected chi connectivity index (χ4v) is 5.14. The number of hydrogen-bond acceptors (Lipinski definition) is 5. The molecular formula is C27H27N3O2. The lowest BCUT2D eigenvalue weighted by molar-refractivity contribution is 0.0278. The summed E-state index contributed by atoms with van der Waals surface area (Å²) in [4.78, 5) is 36.5. The summed E-state index contributed by atoms with van der Waals surface area (Å²) < 4.78 is 0. The number of aromatic nitrogens is 1. The third-order valence-electron chi connectivity index (χ3n) is 6.89. The average Bonchev–Trinajstić information content (AvgIpc) is 3.04. The minimum Gasteiger partial charge on any atom is -0.297 e. The monoisotopic (exact) mass is 425 g/mol. The number of pyridine rings is 1. The lowest BCUT2D eigenvalue weighted by Gasteiger charge is -2.44. The number of ketones is 2. The number of Topliss-reactive ketones (excluding diaryl/α,β-unsaturated/α-hetero) is 2. The Morgan fingerprint density at radius 3 is 2.09 bits per heavy atom. The minimum atomic E-state index is -1.30. The van der Waals surface area contributed by atoms with E-state index in [1.54, 1.807) is 18.3 Å². The molecule has 1 aromatic heterocycles. The molecule has 2 aromatic carbocycles. The standard InChI is InChI=1S/C27H27N3O2/c1-19-7-3-4-8-21(19)18-29-13-15-30(16-14-29)27(22-11-12-28-20(2)17-22)25(31)23-9-5-6-10-24(23)26(27)32/h3-12,17H,13-16,18H2,1-2H3. The number of carbonyl (C=O) groups is 2. The van der Waals surface area contributed by atoms with Crippen LogP contribution in [0.25, 0.3) is 0 Å². The van der Waals surface area contributed by atoms with E-state index in [9.17, 15) is 9.59 Å². The summed E-state index contributed by atoms with van der Waals surface area (Å²) in [6, 6.07) is 19.4. The highest BCUT2D eigenvalue weighted by molar-refractivity contribution is 6.32. The Labute approximate surface area is 188 Å². The molecule has 0 N–H and O–H groups in total. The van der Waals surface area contributed by atoms with Gasteiger partial charge in [-0.05, 0) is 42.7 Å². The molecular weight excluding hydrogens is 398 g/mol. The summed E-state index contributed by atoms with van der Waals surface area (Å²) in [7, 11) is 0. The average molecular weight is 426 g/mol. The number of benzene rings is 2. The molecule has 1 aliphatic heterocycles. The first kappa shape index (κ1) is 20.7. The lowest BCUT2D eigenvalue weighted by Crippen LogP contribution is -2.60. The first-order chi connectivity index (χ1) is 15.5. The molecule has 5 heteroatoms. The molecule has 1 fully saturated rings. The number of piperazine rings is 1. The van der Waals surface area contributed by atoms with E-state index in [0.717, 1.165) is 30.9 Å². The molecule has 5 nitrogen and oxygen atoms in total. The predicted molar refractivity (Wildman–Crippen MR) is 124 cm³/mol. The van der Waals surface area contributed by atoms with Crippen LogP contribution in [-0.4, -0.2) is 52.5 Å². The number of nitrogens with zero attached hydrogens (tertiary/aromatic N) is 3. The van der Waals surface area contributed by atoms with Crippen molar-refractivity contribution < 1.29 is 9.59 Å². The van der Waals surface area contributed by atoms with E-state index < -0.39 is 5.54 Å². The second kappa shape index (κ2) is 8.08. The highest BCUT2D eigenvalue weighted by Crippen LogP contribution is 2.43. The van der Waals surface area contributed by atoms with Crippen LogP contribution in [-0.2, 0) is 12.1 Å². The molecule has 3 aromatic rings. The van der Waals surface area contributed by atoms with Gasteiger partial charge in [-0.25, -0.2) is 0 Å². The van der Waals surface area contributed by atoms with Gasteiger partial charge in [-0.15, -0.1) is 0 Å². The van der Waals surface area contributed by atoms with Gasteiger partial charge in [-0.1, -0.05) is 48.5 Å². The van der Waals surface area contributed by atoms with Crippen molar-refractivity contribution >= 4 is 11.6 Å². The summed E-state index contributed by atoms with van der Waals surface area (Å²) in [6.07, 6.45) is 1.70. The number of hydrogen-bond donors (Lipinski definition) is 0. The van der Waals surface area contributed by atoms with E-state index in [-0.39, 0.29) is 11.6 Å². The van der Waals surface area contributed by atoms with Crippen molar-refractivity contribution in [3.63, 3.8) is 0 Å². The van der Waals surface area contributed by atoms with Crippen molar-refractivity contribution in [3.05, 3.63) is 100 Å². The highest BCUT2D eigenvalue weighted by Gasteiger charge is 2.58. The van der Waals surface area contributed by atoms with Crippen LogP contribution >= 0.6 is 0 Å². The Morgan fingerprint density at radius 2 is 1.47 bits per heavy atom. The van der Waals surface area contributed by atoms with E-state index in [1.807, 2.05) is 31.2 Å². The maximum Gasteiger partial charge on any atom is 0.196 e. The van der Waals surface area contributed by atoms with Gasteiger partial charge in [0, 0.05) is 55.7 Å². The molecule has 0 radical (unpaired) electrons. The number of fused-ring (bicyclic) bond motifs is 1. The largest absolute Gasteiger partial charge is 0.297 e. The number of rotatable bonds is 4. The Balaban J connectivity index is 1.48. The van der Waals surface area contributed by atoms with Crippen LogP contribution in [0.1, 0.15) is 43.1 Å². The predicted octanol–water partition coefficient (Wildman–Crippen LogP) is 3.79. The van der Waals surface area contributed by atoms with Crippen molar-refractivity contribution in [1.29, 1.82) is 0 Å². The summed E-state index contributed by atoms with van der Waals surface area (Å²) in [5.41, 5.74) is 3.88. The molecule has 5 rings (SSSR count). The Kier molecular flexibility index (Phi) is 5.24. The van der Waals surface area contributed by atoms with E-state index in [0.29, 0.717) is 24.2 Å². The maximum atomic E-state index is 13.9. The lowest BCUT2D eigenvalue weighted by atomic mass is 9.82. The van der Waals surface area contributed by atoms with Gasteiger partial charge in [0.2, 0.25) is 0 Å². The zero-order valence-corrected chi connectivity index (χ0v) is 18.5. The van der Waals surface area contributed by atoms with Crippen LogP contribution < -0.4 is 0 Å². The zero-order chi connectivity index (χ0) is 22.3. The molecule has 162 valence electrons. The van der Waals surface area contributed by atoms with Crippen LogP contribution in [0, 0.1) is 13.8 Å². The fourth-order valence-electron chi connectivity index (χ4n) is 5.14. The van der Waals surface area contributed by atoms with E-state index in [1.165, 1.54) is 11.1 Å². The van der Waals surface area contributed by atoms with Crippen molar-refractivity contribution in [1.82, 2.24) is 14.8 Å². The first-order valence-corrected chi connectivity index (χ1v) is 11.2. The van der Waals surface area contributed by atoms with Crippen LogP contribution in [0.15, 0.2) is 66.9 Å². The Bertz CT molecular complexity index is 1160. The van der Waals surface area contributed by atoms with E-state index in [4.69, 9.17) is 0 Å². The molecule has 0 unspecified atom stereocenters. The van der Waals surface area contributed by atoms with Crippen molar-refractivity contribution in [2.45, 2.75) is 25.9 Å². The van der Waals surface area contributed by atoms with Gasteiger partial charge in [0.05, 0.1) is 0 Å². The van der Waals surface area contributed by atoms with E-state index >= 15 is 0 Å². The SMILES string of the molecule is Cc1cc(C2(N3CCN(Cc4ccccc4C)CC3)C(=O)c3ccccc3C2=O)ccn1. The summed E-state index contributed by atoms with van der Waals surface area (Å²) in [5, 5.41) is 0. The summed E-state index contributed by atoms with van der Waals surface area (Å²) in [6.45, 7) is 7.82. The van der Waals surface area contributed by atoms with Gasteiger partial charge in [0.15, 0.2) is 17.1 Å².